The highest BCUT2D eigenvalue weighted by molar-refractivity contribution is 8.18. The third-order valence-corrected chi connectivity index (χ3v) is 6.71. The minimum absolute atomic E-state index is 0. The molecule has 0 saturated carbocycles. The van der Waals surface area contributed by atoms with Crippen LogP contribution in [-0.2, 0) is 0 Å². The molecule has 1 fully saturated rings. The van der Waals surface area contributed by atoms with Gasteiger partial charge in [-0.3, -0.25) is 10.8 Å². The quantitative estimate of drug-likeness (QED) is 0.647. The van der Waals surface area contributed by atoms with Crippen LogP contribution in [0.15, 0.2) is 16.0 Å². The van der Waals surface area contributed by atoms with Crippen LogP contribution in [0.1, 0.15) is 30.9 Å². The molecule has 10 heteroatoms. The lowest BCUT2D eigenvalue weighted by Gasteiger charge is -2.17. The molecule has 1 aromatic carbocycles. The van der Waals surface area contributed by atoms with Crippen LogP contribution in [0.2, 0.25) is 0 Å². The fourth-order valence-corrected chi connectivity index (χ4v) is 5.00. The summed E-state index contributed by atoms with van der Waals surface area (Å²) in [7, 11) is 4.69. The van der Waals surface area contributed by atoms with E-state index in [4.69, 9.17) is 25.0 Å². The topological polar surface area (TPSA) is 103 Å². The number of thioether (sulfide) groups is 1. The van der Waals surface area contributed by atoms with Gasteiger partial charge in [0.15, 0.2) is 22.5 Å². The number of benzene rings is 1. The Balaban J connectivity index is 0.00000256. The molecule has 0 spiro atoms. The highest BCUT2D eigenvalue weighted by Gasteiger charge is 2.37. The second-order valence-corrected chi connectivity index (χ2v) is 8.10. The Morgan fingerprint density at radius 2 is 1.90 bits per heavy atom. The molecule has 3 aliphatic heterocycles. The molecule has 0 aromatic heterocycles. The predicted octanol–water partition coefficient (Wildman–Crippen LogP) is 3.54. The summed E-state index contributed by atoms with van der Waals surface area (Å²) in [6, 6.07) is 1.71. The molecule has 0 bridgehead atoms. The smallest absolute Gasteiger partial charge is 0.171 e. The Kier molecular flexibility index (Phi) is 6.52. The van der Waals surface area contributed by atoms with Crippen LogP contribution in [0.3, 0.4) is 0 Å². The van der Waals surface area contributed by atoms with E-state index in [0.717, 1.165) is 31.1 Å². The van der Waals surface area contributed by atoms with Gasteiger partial charge in [0.2, 0.25) is 0 Å². The predicted molar refractivity (Wildman–Crippen MR) is 123 cm³/mol. The summed E-state index contributed by atoms with van der Waals surface area (Å²) >= 11 is 1.47. The molecule has 0 amide bonds. The summed E-state index contributed by atoms with van der Waals surface area (Å²) in [6.07, 6.45) is 2.31. The summed E-state index contributed by atoms with van der Waals surface area (Å²) in [4.78, 5) is 7.45. The molecule has 1 atom stereocenters. The van der Waals surface area contributed by atoms with E-state index >= 15 is 0 Å². The van der Waals surface area contributed by atoms with E-state index in [0.29, 0.717) is 44.9 Å². The first kappa shape index (κ1) is 22.3. The van der Waals surface area contributed by atoms with Crippen molar-refractivity contribution >= 4 is 46.7 Å². The van der Waals surface area contributed by atoms with Crippen molar-refractivity contribution in [2.24, 2.45) is 10.9 Å². The molecule has 8 nitrogen and oxygen atoms in total. The normalized spacial score (nSPS) is 22.5. The van der Waals surface area contributed by atoms with Gasteiger partial charge in [-0.1, -0.05) is 13.3 Å². The van der Waals surface area contributed by atoms with Crippen LogP contribution in [0.4, 0.5) is 0 Å². The summed E-state index contributed by atoms with van der Waals surface area (Å²) < 4.78 is 16.6. The van der Waals surface area contributed by atoms with E-state index in [1.807, 2.05) is 0 Å². The zero-order chi connectivity index (χ0) is 20.7. The number of rotatable bonds is 4. The molecule has 162 valence electrons. The van der Waals surface area contributed by atoms with Crippen LogP contribution in [0.25, 0.3) is 5.70 Å². The Bertz CT molecular complexity index is 962. The van der Waals surface area contributed by atoms with E-state index < -0.39 is 0 Å². The van der Waals surface area contributed by atoms with Gasteiger partial charge in [-0.15, -0.1) is 12.4 Å². The van der Waals surface area contributed by atoms with Crippen molar-refractivity contribution in [3.8, 4) is 17.2 Å². The van der Waals surface area contributed by atoms with Gasteiger partial charge in [0.25, 0.3) is 0 Å². The van der Waals surface area contributed by atoms with Gasteiger partial charge < -0.3 is 24.4 Å². The molecule has 30 heavy (non-hydrogen) atoms. The number of aliphatic imine (C=N–C) groups is 1. The molecule has 3 N–H and O–H groups in total. The molecule has 0 radical (unpaired) electrons. The van der Waals surface area contributed by atoms with Crippen molar-refractivity contribution in [1.82, 2.24) is 10.2 Å². The number of amidine groups is 3. The summed E-state index contributed by atoms with van der Waals surface area (Å²) in [6.45, 7) is 4.15. The van der Waals surface area contributed by atoms with Crippen molar-refractivity contribution in [3.05, 3.63) is 22.1 Å². The maximum Gasteiger partial charge on any atom is 0.171 e. The van der Waals surface area contributed by atoms with Gasteiger partial charge in [0.05, 0.1) is 43.1 Å². The number of nitrogens with zero attached hydrogens (tertiary/aromatic N) is 2. The monoisotopic (exact) mass is 451 g/mol. The average Bonchev–Trinajstić information content (AvgIpc) is 3.44. The molecule has 1 saturated heterocycles. The molecule has 4 rings (SSSR count). The van der Waals surface area contributed by atoms with E-state index in [-0.39, 0.29) is 24.1 Å². The summed E-state index contributed by atoms with van der Waals surface area (Å²) in [5.74, 6) is 2.61. The SMILES string of the molecule is CCC1CCN(C2=NC(=N)/C(=C3\NC(=N)c4c(OC)cc(OC)c(OC)c43)S2)C1.Cl. The number of halogens is 1. The van der Waals surface area contributed by atoms with Gasteiger partial charge in [0, 0.05) is 19.2 Å². The highest BCUT2D eigenvalue weighted by atomic mass is 35.5. The molecule has 3 heterocycles. The largest absolute Gasteiger partial charge is 0.496 e. The molecular weight excluding hydrogens is 426 g/mol. The van der Waals surface area contributed by atoms with E-state index in [1.54, 1.807) is 27.4 Å². The van der Waals surface area contributed by atoms with Crippen molar-refractivity contribution in [1.29, 1.82) is 10.8 Å². The number of likely N-dealkylation sites (tertiary alicyclic amines) is 1. The van der Waals surface area contributed by atoms with Gasteiger partial charge in [-0.2, -0.15) is 0 Å². The van der Waals surface area contributed by atoms with Crippen molar-refractivity contribution in [3.63, 3.8) is 0 Å². The third-order valence-electron chi connectivity index (χ3n) is 5.58. The number of hydrogen-bond acceptors (Lipinski definition) is 7. The minimum atomic E-state index is 0. The Labute approximate surface area is 186 Å². The Hall–Kier alpha value is -2.39. The van der Waals surface area contributed by atoms with Gasteiger partial charge in [-0.05, 0) is 24.1 Å². The molecular formula is C20H26ClN5O3S. The molecule has 0 aliphatic carbocycles. The standard InChI is InChI=1S/C20H25N5O3S.ClH/c1-5-10-6-7-25(9-10)20-24-19(22)17(29-20)15-14-13(18(21)23-15)11(26-2)8-12(27-3)16(14)28-4;/h8,10,22H,5-7,9H2,1-4H3,(H2,21,23);1H/b17-15+,22-19?;. The number of ether oxygens (including phenoxy) is 3. The summed E-state index contributed by atoms with van der Waals surface area (Å²) in [5.41, 5.74) is 1.91. The average molecular weight is 452 g/mol. The lowest BCUT2D eigenvalue weighted by atomic mass is 10.0. The second kappa shape index (κ2) is 8.77. The number of methoxy groups -OCH3 is 3. The summed E-state index contributed by atoms with van der Waals surface area (Å²) in [5, 5.41) is 20.9. The zero-order valence-electron chi connectivity index (χ0n) is 17.4. The van der Waals surface area contributed by atoms with Crippen molar-refractivity contribution in [2.45, 2.75) is 19.8 Å². The number of hydrogen-bond donors (Lipinski definition) is 3. The van der Waals surface area contributed by atoms with Crippen LogP contribution >= 0.6 is 24.2 Å². The second-order valence-electron chi connectivity index (χ2n) is 7.12. The van der Waals surface area contributed by atoms with Crippen LogP contribution in [0, 0.1) is 16.7 Å². The maximum atomic E-state index is 8.49. The first-order chi connectivity index (χ1) is 14.0. The molecule has 3 aliphatic rings. The van der Waals surface area contributed by atoms with E-state index in [9.17, 15) is 0 Å². The third kappa shape index (κ3) is 3.50. The zero-order valence-corrected chi connectivity index (χ0v) is 19.1. The van der Waals surface area contributed by atoms with Crippen molar-refractivity contribution < 1.29 is 14.2 Å². The number of nitrogens with one attached hydrogen (secondary N) is 3. The lowest BCUT2D eigenvalue weighted by Crippen LogP contribution is -2.25. The van der Waals surface area contributed by atoms with Gasteiger partial charge >= 0.3 is 0 Å². The lowest BCUT2D eigenvalue weighted by molar-refractivity contribution is 0.348. The fraction of sp³-hybridized carbons (Fsp3) is 0.450. The maximum absolute atomic E-state index is 8.49. The molecule has 1 unspecified atom stereocenters. The first-order valence-electron chi connectivity index (χ1n) is 9.56. The van der Waals surface area contributed by atoms with Crippen LogP contribution in [-0.4, -0.2) is 56.2 Å². The molecule has 1 aromatic rings. The number of fused-ring (bicyclic) bond motifs is 1. The van der Waals surface area contributed by atoms with Crippen LogP contribution in [0.5, 0.6) is 17.2 Å². The van der Waals surface area contributed by atoms with Gasteiger partial charge in [0.1, 0.15) is 11.6 Å². The van der Waals surface area contributed by atoms with E-state index in [1.165, 1.54) is 11.8 Å². The first-order valence-corrected chi connectivity index (χ1v) is 10.4. The fourth-order valence-electron chi connectivity index (χ4n) is 3.99. The van der Waals surface area contributed by atoms with E-state index in [2.05, 4.69) is 22.1 Å². The highest BCUT2D eigenvalue weighted by Crippen LogP contribution is 2.48. The Morgan fingerprint density at radius 3 is 2.50 bits per heavy atom. The Morgan fingerprint density at radius 1 is 1.17 bits per heavy atom. The van der Waals surface area contributed by atoms with Crippen molar-refractivity contribution in [2.75, 3.05) is 34.4 Å². The van der Waals surface area contributed by atoms with Crippen LogP contribution < -0.4 is 19.5 Å². The van der Waals surface area contributed by atoms with Gasteiger partial charge in [-0.25, -0.2) is 4.99 Å². The minimum Gasteiger partial charge on any atom is -0.496 e.